The van der Waals surface area contributed by atoms with Gasteiger partial charge in [-0.05, 0) is 37.1 Å². The smallest absolute Gasteiger partial charge is 0.244 e. The topological polar surface area (TPSA) is 23.6 Å². The molecule has 0 saturated carbocycles. The average molecular weight is 330 g/mol. The lowest BCUT2D eigenvalue weighted by Gasteiger charge is -2.39. The standard InChI is InChI=1S/C19H20F2N2O/c1-13-5-3-4-6-15(13)12-22-9-10-23(19(24)14(22)2)18-8-7-16(20)11-17(18)21/h3-8,11,14H,9-10,12H2,1-2H3. The van der Waals surface area contributed by atoms with Crippen LogP contribution in [-0.4, -0.2) is 29.9 Å². The number of carbonyl (C=O) groups is 1. The van der Waals surface area contributed by atoms with E-state index in [0.29, 0.717) is 19.6 Å². The third-order valence-corrected chi connectivity index (χ3v) is 4.62. The zero-order valence-electron chi connectivity index (χ0n) is 13.8. The van der Waals surface area contributed by atoms with Crippen LogP contribution in [0.4, 0.5) is 14.5 Å². The number of rotatable bonds is 3. The fraction of sp³-hybridized carbons (Fsp3) is 0.316. The lowest BCUT2D eigenvalue weighted by Crippen LogP contribution is -2.55. The van der Waals surface area contributed by atoms with Crippen LogP contribution in [0, 0.1) is 18.6 Å². The Hall–Kier alpha value is -2.27. The van der Waals surface area contributed by atoms with Gasteiger partial charge in [0.25, 0.3) is 0 Å². The molecule has 0 N–H and O–H groups in total. The van der Waals surface area contributed by atoms with Crippen LogP contribution in [0.3, 0.4) is 0 Å². The summed E-state index contributed by atoms with van der Waals surface area (Å²) in [6, 6.07) is 11.0. The highest BCUT2D eigenvalue weighted by atomic mass is 19.1. The van der Waals surface area contributed by atoms with Crippen LogP contribution in [0.25, 0.3) is 0 Å². The third kappa shape index (κ3) is 3.17. The molecule has 1 unspecified atom stereocenters. The van der Waals surface area contributed by atoms with Gasteiger partial charge in [0.2, 0.25) is 5.91 Å². The van der Waals surface area contributed by atoms with E-state index in [2.05, 4.69) is 11.0 Å². The molecular formula is C19H20F2N2O. The summed E-state index contributed by atoms with van der Waals surface area (Å²) in [4.78, 5) is 16.2. The van der Waals surface area contributed by atoms with E-state index in [1.54, 1.807) is 0 Å². The average Bonchev–Trinajstić information content (AvgIpc) is 2.55. The number of nitrogens with zero attached hydrogens (tertiary/aromatic N) is 2. The molecule has 0 bridgehead atoms. The van der Waals surface area contributed by atoms with Gasteiger partial charge in [0, 0.05) is 25.7 Å². The molecule has 1 amide bonds. The summed E-state index contributed by atoms with van der Waals surface area (Å²) >= 11 is 0. The molecule has 3 nitrogen and oxygen atoms in total. The van der Waals surface area contributed by atoms with Crippen LogP contribution >= 0.6 is 0 Å². The van der Waals surface area contributed by atoms with E-state index in [9.17, 15) is 13.6 Å². The second-order valence-corrected chi connectivity index (χ2v) is 6.16. The van der Waals surface area contributed by atoms with Crippen molar-refractivity contribution in [1.29, 1.82) is 0 Å². The second-order valence-electron chi connectivity index (χ2n) is 6.16. The van der Waals surface area contributed by atoms with Crippen molar-refractivity contribution in [3.8, 4) is 0 Å². The third-order valence-electron chi connectivity index (χ3n) is 4.62. The zero-order chi connectivity index (χ0) is 17.3. The number of piperazine rings is 1. The van der Waals surface area contributed by atoms with Gasteiger partial charge in [-0.1, -0.05) is 24.3 Å². The fourth-order valence-corrected chi connectivity index (χ4v) is 3.08. The Balaban J connectivity index is 1.77. The summed E-state index contributed by atoms with van der Waals surface area (Å²) in [5, 5.41) is 0. The van der Waals surface area contributed by atoms with Gasteiger partial charge in [0.1, 0.15) is 11.6 Å². The molecule has 1 aliphatic rings. The lowest BCUT2D eigenvalue weighted by atomic mass is 10.1. The Morgan fingerprint density at radius 3 is 2.58 bits per heavy atom. The van der Waals surface area contributed by atoms with Crippen molar-refractivity contribution in [3.05, 3.63) is 65.2 Å². The van der Waals surface area contributed by atoms with Crippen molar-refractivity contribution in [1.82, 2.24) is 4.90 Å². The molecule has 1 atom stereocenters. The van der Waals surface area contributed by atoms with Crippen LogP contribution in [0.15, 0.2) is 42.5 Å². The van der Waals surface area contributed by atoms with Crippen LogP contribution in [0.2, 0.25) is 0 Å². The molecule has 1 aliphatic heterocycles. The Morgan fingerprint density at radius 1 is 1.12 bits per heavy atom. The number of benzene rings is 2. The van der Waals surface area contributed by atoms with Crippen molar-refractivity contribution in [2.45, 2.75) is 26.4 Å². The van der Waals surface area contributed by atoms with Crippen molar-refractivity contribution in [2.24, 2.45) is 0 Å². The van der Waals surface area contributed by atoms with Crippen LogP contribution in [0.5, 0.6) is 0 Å². The SMILES string of the molecule is Cc1ccccc1CN1CCN(c2ccc(F)cc2F)C(=O)C1C. The minimum absolute atomic E-state index is 0.142. The first-order valence-electron chi connectivity index (χ1n) is 8.02. The minimum atomic E-state index is -0.706. The fourth-order valence-electron chi connectivity index (χ4n) is 3.08. The van der Waals surface area contributed by atoms with E-state index < -0.39 is 11.6 Å². The van der Waals surface area contributed by atoms with Crippen molar-refractivity contribution >= 4 is 11.6 Å². The molecule has 126 valence electrons. The summed E-state index contributed by atoms with van der Waals surface area (Å²) in [6.07, 6.45) is 0. The van der Waals surface area contributed by atoms with Gasteiger partial charge in [0.05, 0.1) is 11.7 Å². The Kier molecular flexibility index (Phi) is 4.62. The van der Waals surface area contributed by atoms with Crippen LogP contribution < -0.4 is 4.90 Å². The summed E-state index contributed by atoms with van der Waals surface area (Å²) in [5.41, 5.74) is 2.51. The summed E-state index contributed by atoms with van der Waals surface area (Å²) < 4.78 is 27.1. The highest BCUT2D eigenvalue weighted by Gasteiger charge is 2.33. The van der Waals surface area contributed by atoms with Crippen LogP contribution in [-0.2, 0) is 11.3 Å². The normalized spacial score (nSPS) is 18.9. The predicted molar refractivity (Wildman–Crippen MR) is 89.8 cm³/mol. The molecule has 2 aromatic carbocycles. The number of hydrogen-bond acceptors (Lipinski definition) is 2. The summed E-state index contributed by atoms with van der Waals surface area (Å²) in [6.45, 7) is 5.58. The molecule has 0 radical (unpaired) electrons. The van der Waals surface area contributed by atoms with E-state index >= 15 is 0 Å². The number of hydrogen-bond donors (Lipinski definition) is 0. The Labute approximate surface area is 140 Å². The van der Waals surface area contributed by atoms with Crippen LogP contribution in [0.1, 0.15) is 18.1 Å². The summed E-state index contributed by atoms with van der Waals surface area (Å²) in [5.74, 6) is -1.52. The van der Waals surface area contributed by atoms with E-state index in [1.165, 1.54) is 28.2 Å². The number of anilines is 1. The van der Waals surface area contributed by atoms with Crippen molar-refractivity contribution < 1.29 is 13.6 Å². The van der Waals surface area contributed by atoms with Gasteiger partial charge in [-0.3, -0.25) is 9.69 Å². The lowest BCUT2D eigenvalue weighted by molar-refractivity contribution is -0.125. The molecule has 0 spiro atoms. The summed E-state index contributed by atoms with van der Waals surface area (Å²) in [7, 11) is 0. The van der Waals surface area contributed by atoms with E-state index in [4.69, 9.17) is 0 Å². The zero-order valence-corrected chi connectivity index (χ0v) is 13.8. The first kappa shape index (κ1) is 16.6. The van der Waals surface area contributed by atoms with Gasteiger partial charge in [-0.25, -0.2) is 8.78 Å². The van der Waals surface area contributed by atoms with Gasteiger partial charge < -0.3 is 4.90 Å². The second kappa shape index (κ2) is 6.69. The highest BCUT2D eigenvalue weighted by Crippen LogP contribution is 2.25. The quantitative estimate of drug-likeness (QED) is 0.860. The first-order valence-corrected chi connectivity index (χ1v) is 8.02. The van der Waals surface area contributed by atoms with Crippen molar-refractivity contribution in [2.75, 3.05) is 18.0 Å². The number of amides is 1. The van der Waals surface area contributed by atoms with E-state index in [1.807, 2.05) is 32.0 Å². The molecule has 24 heavy (non-hydrogen) atoms. The Bertz CT molecular complexity index is 763. The molecule has 1 fully saturated rings. The van der Waals surface area contributed by atoms with E-state index in [0.717, 1.165) is 6.07 Å². The number of carbonyl (C=O) groups excluding carboxylic acids is 1. The maximum absolute atomic E-state index is 14.0. The largest absolute Gasteiger partial charge is 0.307 e. The van der Waals surface area contributed by atoms with E-state index in [-0.39, 0.29) is 17.6 Å². The molecule has 1 saturated heterocycles. The van der Waals surface area contributed by atoms with Crippen molar-refractivity contribution in [3.63, 3.8) is 0 Å². The predicted octanol–water partition coefficient (Wildman–Crippen LogP) is 3.51. The maximum Gasteiger partial charge on any atom is 0.244 e. The molecular weight excluding hydrogens is 310 g/mol. The number of halogens is 2. The van der Waals surface area contributed by atoms with Gasteiger partial charge >= 0.3 is 0 Å². The molecule has 1 heterocycles. The maximum atomic E-state index is 14.0. The highest BCUT2D eigenvalue weighted by molar-refractivity contribution is 5.97. The molecule has 0 aliphatic carbocycles. The molecule has 5 heteroatoms. The molecule has 3 rings (SSSR count). The number of aryl methyl sites for hydroxylation is 1. The monoisotopic (exact) mass is 330 g/mol. The molecule has 0 aromatic heterocycles. The molecule has 2 aromatic rings. The van der Waals surface area contributed by atoms with Gasteiger partial charge in [-0.2, -0.15) is 0 Å². The first-order chi connectivity index (χ1) is 11.5. The van der Waals surface area contributed by atoms with Gasteiger partial charge in [-0.15, -0.1) is 0 Å². The Morgan fingerprint density at radius 2 is 1.88 bits per heavy atom. The van der Waals surface area contributed by atoms with Gasteiger partial charge in [0.15, 0.2) is 0 Å². The minimum Gasteiger partial charge on any atom is -0.307 e.